The number of rotatable bonds is 6. The van der Waals surface area contributed by atoms with Crippen molar-refractivity contribution in [2.24, 2.45) is 11.8 Å². The van der Waals surface area contributed by atoms with Gasteiger partial charge in [0.2, 0.25) is 0 Å². The summed E-state index contributed by atoms with van der Waals surface area (Å²) in [6, 6.07) is 8.78. The zero-order valence-corrected chi connectivity index (χ0v) is 14.9. The molecule has 0 spiro atoms. The van der Waals surface area contributed by atoms with Gasteiger partial charge in [-0.2, -0.15) is 0 Å². The third-order valence-electron chi connectivity index (χ3n) is 4.77. The van der Waals surface area contributed by atoms with Crippen LogP contribution >= 0.6 is 0 Å². The second-order valence-electron chi connectivity index (χ2n) is 7.27. The largest absolute Gasteiger partial charge is 0.352 e. The van der Waals surface area contributed by atoms with E-state index in [0.29, 0.717) is 11.8 Å². The number of aryl methyl sites for hydroxylation is 2. The highest BCUT2D eigenvalue weighted by molar-refractivity contribution is 5.21. The standard InChI is InChI=1S/C20H30O4/c1-15-3-5-17(6-4-15)7-8-18-13-23-20(24-14-18)10-9-19-21-11-16(2)12-22-19/h3-6,16,18-20H,7-14H2,1-2H3. The fraction of sp³-hybridized carbons (Fsp3) is 0.700. The molecular weight excluding hydrogens is 304 g/mol. The lowest BCUT2D eigenvalue weighted by Crippen LogP contribution is -2.35. The Balaban J connectivity index is 1.30. The van der Waals surface area contributed by atoms with Crippen LogP contribution in [0.3, 0.4) is 0 Å². The second kappa shape index (κ2) is 8.95. The lowest BCUT2D eigenvalue weighted by Gasteiger charge is -2.32. The topological polar surface area (TPSA) is 36.9 Å². The van der Waals surface area contributed by atoms with Gasteiger partial charge in [0.15, 0.2) is 12.6 Å². The first-order valence-corrected chi connectivity index (χ1v) is 9.21. The highest BCUT2D eigenvalue weighted by Gasteiger charge is 2.25. The van der Waals surface area contributed by atoms with Gasteiger partial charge in [-0.25, -0.2) is 0 Å². The number of benzene rings is 1. The van der Waals surface area contributed by atoms with Crippen molar-refractivity contribution in [3.05, 3.63) is 35.4 Å². The molecule has 3 rings (SSSR count). The summed E-state index contributed by atoms with van der Waals surface area (Å²) in [5.41, 5.74) is 2.70. The van der Waals surface area contributed by atoms with Crippen LogP contribution in [0.15, 0.2) is 24.3 Å². The molecule has 0 atom stereocenters. The van der Waals surface area contributed by atoms with Crippen molar-refractivity contribution in [2.45, 2.75) is 52.1 Å². The van der Waals surface area contributed by atoms with Crippen LogP contribution in [-0.2, 0) is 25.4 Å². The molecule has 2 saturated heterocycles. The van der Waals surface area contributed by atoms with E-state index in [4.69, 9.17) is 18.9 Å². The van der Waals surface area contributed by atoms with Crippen LogP contribution < -0.4 is 0 Å². The van der Waals surface area contributed by atoms with Crippen molar-refractivity contribution < 1.29 is 18.9 Å². The van der Waals surface area contributed by atoms with E-state index in [-0.39, 0.29) is 12.6 Å². The fourth-order valence-corrected chi connectivity index (χ4v) is 3.12. The summed E-state index contributed by atoms with van der Waals surface area (Å²) in [5, 5.41) is 0. The molecule has 2 fully saturated rings. The maximum Gasteiger partial charge on any atom is 0.157 e. The molecule has 0 bridgehead atoms. The van der Waals surface area contributed by atoms with Gasteiger partial charge >= 0.3 is 0 Å². The van der Waals surface area contributed by atoms with Crippen molar-refractivity contribution in [3.8, 4) is 0 Å². The summed E-state index contributed by atoms with van der Waals surface area (Å²) >= 11 is 0. The predicted molar refractivity (Wildman–Crippen MR) is 92.8 cm³/mol. The summed E-state index contributed by atoms with van der Waals surface area (Å²) in [4.78, 5) is 0. The van der Waals surface area contributed by atoms with Crippen molar-refractivity contribution >= 4 is 0 Å². The van der Waals surface area contributed by atoms with Gasteiger partial charge in [0, 0.05) is 24.7 Å². The van der Waals surface area contributed by atoms with Crippen LogP contribution in [0.4, 0.5) is 0 Å². The number of hydrogen-bond donors (Lipinski definition) is 0. The van der Waals surface area contributed by atoms with Gasteiger partial charge in [-0.3, -0.25) is 0 Å². The minimum absolute atomic E-state index is 0.0901. The van der Waals surface area contributed by atoms with Crippen LogP contribution in [0.1, 0.15) is 37.3 Å². The van der Waals surface area contributed by atoms with E-state index in [9.17, 15) is 0 Å². The quantitative estimate of drug-likeness (QED) is 0.795. The lowest BCUT2D eigenvalue weighted by molar-refractivity contribution is -0.229. The highest BCUT2D eigenvalue weighted by Crippen LogP contribution is 2.22. The molecule has 2 heterocycles. The Morgan fingerprint density at radius 1 is 0.792 bits per heavy atom. The highest BCUT2D eigenvalue weighted by atomic mass is 16.7. The van der Waals surface area contributed by atoms with Gasteiger partial charge in [-0.1, -0.05) is 36.8 Å². The van der Waals surface area contributed by atoms with Crippen LogP contribution in [-0.4, -0.2) is 39.0 Å². The Morgan fingerprint density at radius 3 is 1.92 bits per heavy atom. The molecule has 24 heavy (non-hydrogen) atoms. The molecule has 0 aliphatic carbocycles. The Morgan fingerprint density at radius 2 is 1.33 bits per heavy atom. The first-order chi connectivity index (χ1) is 11.7. The molecule has 2 aliphatic rings. The zero-order valence-electron chi connectivity index (χ0n) is 14.9. The van der Waals surface area contributed by atoms with Crippen molar-refractivity contribution in [1.29, 1.82) is 0 Å². The number of ether oxygens (including phenoxy) is 4. The third-order valence-corrected chi connectivity index (χ3v) is 4.77. The Labute approximate surface area is 145 Å². The van der Waals surface area contributed by atoms with Crippen molar-refractivity contribution in [1.82, 2.24) is 0 Å². The maximum absolute atomic E-state index is 5.88. The second-order valence-corrected chi connectivity index (χ2v) is 7.27. The van der Waals surface area contributed by atoms with Gasteiger partial charge in [-0.15, -0.1) is 0 Å². The van der Waals surface area contributed by atoms with E-state index in [1.165, 1.54) is 11.1 Å². The molecule has 0 aromatic heterocycles. The summed E-state index contributed by atoms with van der Waals surface area (Å²) in [6.45, 7) is 7.42. The molecule has 0 saturated carbocycles. The first kappa shape index (κ1) is 17.9. The normalized spacial score (nSPS) is 31.1. The van der Waals surface area contributed by atoms with E-state index < -0.39 is 0 Å². The van der Waals surface area contributed by atoms with E-state index in [1.807, 2.05) is 0 Å². The Hall–Kier alpha value is -0.940. The summed E-state index contributed by atoms with van der Waals surface area (Å²) in [7, 11) is 0. The monoisotopic (exact) mass is 334 g/mol. The molecule has 4 heteroatoms. The van der Waals surface area contributed by atoms with Gasteiger partial charge in [0.1, 0.15) is 0 Å². The average molecular weight is 334 g/mol. The smallest absolute Gasteiger partial charge is 0.157 e. The average Bonchev–Trinajstić information content (AvgIpc) is 2.62. The van der Waals surface area contributed by atoms with E-state index >= 15 is 0 Å². The van der Waals surface area contributed by atoms with Gasteiger partial charge < -0.3 is 18.9 Å². The SMILES string of the molecule is Cc1ccc(CCC2COC(CCC3OCC(C)CO3)OC2)cc1. The van der Waals surface area contributed by atoms with Crippen molar-refractivity contribution in [2.75, 3.05) is 26.4 Å². The summed E-state index contributed by atoms with van der Waals surface area (Å²) in [5.74, 6) is 0.989. The van der Waals surface area contributed by atoms with Crippen LogP contribution in [0.2, 0.25) is 0 Å². The molecule has 134 valence electrons. The first-order valence-electron chi connectivity index (χ1n) is 9.21. The van der Waals surface area contributed by atoms with Gasteiger partial charge in [0.05, 0.1) is 26.4 Å². The Bertz CT molecular complexity index is 471. The molecule has 0 N–H and O–H groups in total. The molecule has 0 amide bonds. The van der Waals surface area contributed by atoms with E-state index in [1.54, 1.807) is 0 Å². The summed E-state index contributed by atoms with van der Waals surface area (Å²) < 4.78 is 23.1. The number of hydrogen-bond acceptors (Lipinski definition) is 4. The third kappa shape index (κ3) is 5.55. The summed E-state index contributed by atoms with van der Waals surface area (Å²) in [6.07, 6.45) is 3.68. The zero-order chi connectivity index (χ0) is 16.8. The van der Waals surface area contributed by atoms with E-state index in [2.05, 4.69) is 38.1 Å². The molecular formula is C20H30O4. The maximum atomic E-state index is 5.88. The van der Waals surface area contributed by atoms with Crippen LogP contribution in [0.5, 0.6) is 0 Å². The molecule has 1 aromatic carbocycles. The lowest BCUT2D eigenvalue weighted by atomic mass is 9.99. The fourth-order valence-electron chi connectivity index (χ4n) is 3.12. The minimum atomic E-state index is -0.104. The minimum Gasteiger partial charge on any atom is -0.352 e. The van der Waals surface area contributed by atoms with Gasteiger partial charge in [-0.05, 0) is 25.3 Å². The molecule has 0 unspecified atom stereocenters. The predicted octanol–water partition coefficient (Wildman–Crippen LogP) is 3.71. The molecule has 4 nitrogen and oxygen atoms in total. The molecule has 0 radical (unpaired) electrons. The van der Waals surface area contributed by atoms with E-state index in [0.717, 1.165) is 52.1 Å². The molecule has 2 aliphatic heterocycles. The van der Waals surface area contributed by atoms with Crippen LogP contribution in [0.25, 0.3) is 0 Å². The van der Waals surface area contributed by atoms with Crippen molar-refractivity contribution in [3.63, 3.8) is 0 Å². The molecule has 1 aromatic rings. The van der Waals surface area contributed by atoms with Gasteiger partial charge in [0.25, 0.3) is 0 Å². The van der Waals surface area contributed by atoms with Crippen LogP contribution in [0, 0.1) is 18.8 Å². The Kier molecular flexibility index (Phi) is 6.67.